The van der Waals surface area contributed by atoms with E-state index in [9.17, 15) is 13.2 Å². The summed E-state index contributed by atoms with van der Waals surface area (Å²) in [5.74, 6) is 0.164. The van der Waals surface area contributed by atoms with Gasteiger partial charge in [-0.1, -0.05) is 36.3 Å². The van der Waals surface area contributed by atoms with Crippen LogP contribution in [-0.2, 0) is 14.8 Å². The van der Waals surface area contributed by atoms with Crippen molar-refractivity contribution in [2.75, 3.05) is 13.1 Å². The second-order valence-corrected chi connectivity index (χ2v) is 9.53. The fourth-order valence-electron chi connectivity index (χ4n) is 3.96. The predicted octanol–water partition coefficient (Wildman–Crippen LogP) is 3.40. The Kier molecular flexibility index (Phi) is 6.71. The van der Waals surface area contributed by atoms with Gasteiger partial charge < -0.3 is 5.32 Å². The van der Waals surface area contributed by atoms with Gasteiger partial charge in [0.05, 0.1) is 4.90 Å². The molecule has 1 aromatic carbocycles. The predicted molar refractivity (Wildman–Crippen MR) is 107 cm³/mol. The van der Waals surface area contributed by atoms with Crippen molar-refractivity contribution in [3.63, 3.8) is 0 Å². The summed E-state index contributed by atoms with van der Waals surface area (Å²) < 4.78 is 27.8. The van der Waals surface area contributed by atoms with Gasteiger partial charge in [0.25, 0.3) is 0 Å². The van der Waals surface area contributed by atoms with E-state index in [0.29, 0.717) is 24.4 Å². The van der Waals surface area contributed by atoms with Crippen molar-refractivity contribution in [3.8, 4) is 0 Å². The molecule has 1 fully saturated rings. The summed E-state index contributed by atoms with van der Waals surface area (Å²) in [5.41, 5.74) is 1.05. The van der Waals surface area contributed by atoms with E-state index in [1.165, 1.54) is 0 Å². The Labute approximate surface area is 162 Å². The zero-order valence-corrected chi connectivity index (χ0v) is 16.9. The summed E-state index contributed by atoms with van der Waals surface area (Å²) >= 11 is 0. The number of carbonyl (C=O) groups is 1. The Morgan fingerprint density at radius 2 is 1.93 bits per heavy atom. The van der Waals surface area contributed by atoms with Crippen LogP contribution in [0.5, 0.6) is 0 Å². The standard InChI is InChI=1S/C21H30N2O3S/c1-17-10-12-20(13-11-17)27(25,26)23-16-6-5-9-19(23)14-15-22-21(24)18-7-3-2-4-8-18/h2-3,10-13,18-19H,4-9,14-16H2,1H3,(H,22,24). The zero-order chi connectivity index (χ0) is 19.3. The maximum atomic E-state index is 13.1. The minimum Gasteiger partial charge on any atom is -0.356 e. The van der Waals surface area contributed by atoms with Gasteiger partial charge in [-0.2, -0.15) is 4.31 Å². The summed E-state index contributed by atoms with van der Waals surface area (Å²) in [4.78, 5) is 12.7. The zero-order valence-electron chi connectivity index (χ0n) is 16.1. The lowest BCUT2D eigenvalue weighted by Crippen LogP contribution is -2.45. The minimum absolute atomic E-state index is 0.0448. The second kappa shape index (κ2) is 9.02. The largest absolute Gasteiger partial charge is 0.356 e. The molecule has 0 aromatic heterocycles. The van der Waals surface area contributed by atoms with Crippen molar-refractivity contribution in [2.45, 2.75) is 62.8 Å². The van der Waals surface area contributed by atoms with Crippen LogP contribution >= 0.6 is 0 Å². The molecular formula is C21H30N2O3S. The molecule has 1 N–H and O–H groups in total. The number of nitrogens with zero attached hydrogens (tertiary/aromatic N) is 1. The molecule has 1 saturated heterocycles. The molecular weight excluding hydrogens is 360 g/mol. The smallest absolute Gasteiger partial charge is 0.243 e. The van der Waals surface area contributed by atoms with E-state index in [0.717, 1.165) is 44.1 Å². The molecule has 3 rings (SSSR count). The maximum absolute atomic E-state index is 13.1. The lowest BCUT2D eigenvalue weighted by molar-refractivity contribution is -0.125. The van der Waals surface area contributed by atoms with Gasteiger partial charge >= 0.3 is 0 Å². The quantitative estimate of drug-likeness (QED) is 0.757. The lowest BCUT2D eigenvalue weighted by atomic mass is 9.93. The van der Waals surface area contributed by atoms with Crippen LogP contribution in [0.2, 0.25) is 0 Å². The first-order valence-electron chi connectivity index (χ1n) is 10.00. The van der Waals surface area contributed by atoms with Gasteiger partial charge in [0.1, 0.15) is 0 Å². The number of allylic oxidation sites excluding steroid dienone is 2. The molecule has 148 valence electrons. The molecule has 1 heterocycles. The summed E-state index contributed by atoms with van der Waals surface area (Å²) in [7, 11) is -3.49. The van der Waals surface area contributed by atoms with Crippen molar-refractivity contribution in [3.05, 3.63) is 42.0 Å². The Bertz CT molecular complexity index is 771. The average molecular weight is 391 g/mol. The molecule has 0 spiro atoms. The molecule has 1 aliphatic carbocycles. The summed E-state index contributed by atoms with van der Waals surface area (Å²) in [6.07, 6.45) is 10.3. The lowest BCUT2D eigenvalue weighted by Gasteiger charge is -2.35. The van der Waals surface area contributed by atoms with Gasteiger partial charge in [-0.15, -0.1) is 0 Å². The van der Waals surface area contributed by atoms with Crippen LogP contribution in [-0.4, -0.2) is 37.8 Å². The van der Waals surface area contributed by atoms with Crippen molar-refractivity contribution in [2.24, 2.45) is 5.92 Å². The Hall–Kier alpha value is -1.66. The molecule has 0 radical (unpaired) electrons. The number of hydrogen-bond acceptors (Lipinski definition) is 3. The van der Waals surface area contributed by atoms with Crippen molar-refractivity contribution in [1.29, 1.82) is 0 Å². The van der Waals surface area contributed by atoms with Crippen molar-refractivity contribution < 1.29 is 13.2 Å². The van der Waals surface area contributed by atoms with Gasteiger partial charge in [0.15, 0.2) is 0 Å². The van der Waals surface area contributed by atoms with Crippen LogP contribution in [0.15, 0.2) is 41.3 Å². The van der Waals surface area contributed by atoms with Crippen molar-refractivity contribution >= 4 is 15.9 Å². The average Bonchev–Trinajstić information content (AvgIpc) is 2.69. The van der Waals surface area contributed by atoms with E-state index in [1.54, 1.807) is 16.4 Å². The molecule has 0 bridgehead atoms. The third-order valence-corrected chi connectivity index (χ3v) is 7.58. The van der Waals surface area contributed by atoms with Gasteiger partial charge in [-0.05, 0) is 57.6 Å². The maximum Gasteiger partial charge on any atom is 0.243 e. The van der Waals surface area contributed by atoms with E-state index in [-0.39, 0.29) is 17.9 Å². The number of piperidine rings is 1. The number of amides is 1. The highest BCUT2D eigenvalue weighted by Gasteiger charge is 2.33. The molecule has 27 heavy (non-hydrogen) atoms. The third-order valence-electron chi connectivity index (χ3n) is 5.62. The summed E-state index contributed by atoms with van der Waals surface area (Å²) in [5, 5.41) is 3.02. The number of nitrogens with one attached hydrogen (secondary N) is 1. The number of benzene rings is 1. The first kappa shape index (κ1) is 20.1. The molecule has 6 heteroatoms. The van der Waals surface area contributed by atoms with Gasteiger partial charge in [-0.25, -0.2) is 8.42 Å². The first-order chi connectivity index (χ1) is 13.0. The summed E-state index contributed by atoms with van der Waals surface area (Å²) in [6, 6.07) is 7.01. The van der Waals surface area contributed by atoms with Crippen LogP contribution in [0.4, 0.5) is 0 Å². The molecule has 2 aliphatic rings. The van der Waals surface area contributed by atoms with E-state index >= 15 is 0 Å². The fraction of sp³-hybridized carbons (Fsp3) is 0.571. The minimum atomic E-state index is -3.49. The Balaban J connectivity index is 1.60. The summed E-state index contributed by atoms with van der Waals surface area (Å²) in [6.45, 7) is 3.04. The second-order valence-electron chi connectivity index (χ2n) is 7.64. The number of sulfonamides is 1. The van der Waals surface area contributed by atoms with E-state index in [1.807, 2.05) is 19.1 Å². The normalized spacial score (nSPS) is 23.9. The first-order valence-corrected chi connectivity index (χ1v) is 11.4. The van der Waals surface area contributed by atoms with Crippen LogP contribution in [0.3, 0.4) is 0 Å². The highest BCUT2D eigenvalue weighted by Crippen LogP contribution is 2.27. The molecule has 2 unspecified atom stereocenters. The number of hydrogen-bond donors (Lipinski definition) is 1. The third kappa shape index (κ3) is 4.99. The fourth-order valence-corrected chi connectivity index (χ4v) is 5.69. The topological polar surface area (TPSA) is 66.5 Å². The molecule has 0 saturated carbocycles. The molecule has 1 aliphatic heterocycles. The molecule has 2 atom stereocenters. The monoisotopic (exact) mass is 390 g/mol. The molecule has 5 nitrogen and oxygen atoms in total. The van der Waals surface area contributed by atoms with Crippen LogP contribution in [0, 0.1) is 12.8 Å². The van der Waals surface area contributed by atoms with E-state index in [2.05, 4.69) is 17.5 Å². The SMILES string of the molecule is Cc1ccc(S(=O)(=O)N2CCCCC2CCNC(=O)C2CC=CCC2)cc1. The van der Waals surface area contributed by atoms with Gasteiger partial charge in [0.2, 0.25) is 15.9 Å². The number of carbonyl (C=O) groups excluding carboxylic acids is 1. The molecule has 1 amide bonds. The van der Waals surface area contributed by atoms with E-state index < -0.39 is 10.0 Å². The van der Waals surface area contributed by atoms with Gasteiger partial charge in [-0.3, -0.25) is 4.79 Å². The highest BCUT2D eigenvalue weighted by molar-refractivity contribution is 7.89. The van der Waals surface area contributed by atoms with Crippen LogP contribution < -0.4 is 5.32 Å². The van der Waals surface area contributed by atoms with Crippen molar-refractivity contribution in [1.82, 2.24) is 9.62 Å². The van der Waals surface area contributed by atoms with Crippen LogP contribution in [0.1, 0.15) is 50.5 Å². The number of aryl methyl sites for hydroxylation is 1. The number of rotatable bonds is 6. The van der Waals surface area contributed by atoms with E-state index in [4.69, 9.17) is 0 Å². The van der Waals surface area contributed by atoms with Crippen LogP contribution in [0.25, 0.3) is 0 Å². The highest BCUT2D eigenvalue weighted by atomic mass is 32.2. The molecule has 1 aromatic rings. The Morgan fingerprint density at radius 3 is 2.63 bits per heavy atom. The Morgan fingerprint density at radius 1 is 1.15 bits per heavy atom. The van der Waals surface area contributed by atoms with Gasteiger partial charge in [0, 0.05) is 25.0 Å².